The maximum absolute atomic E-state index is 13.7. The summed E-state index contributed by atoms with van der Waals surface area (Å²) in [5.74, 6) is -4.91. The second-order valence-electron chi connectivity index (χ2n) is 5.84. The van der Waals surface area contributed by atoms with Crippen molar-refractivity contribution in [3.63, 3.8) is 0 Å². The molecule has 2 atom stereocenters. The predicted octanol–water partition coefficient (Wildman–Crippen LogP) is 5.50. The summed E-state index contributed by atoms with van der Waals surface area (Å²) in [4.78, 5) is 12.1. The van der Waals surface area contributed by atoms with Crippen LogP contribution in [0, 0.1) is 34.7 Å². The number of esters is 1. The Labute approximate surface area is 149 Å². The molecule has 1 aromatic carbocycles. The minimum atomic E-state index is -1.35. The lowest BCUT2D eigenvalue weighted by atomic mass is 10.1. The van der Waals surface area contributed by atoms with E-state index in [0.29, 0.717) is 6.07 Å². The van der Waals surface area contributed by atoms with Crippen molar-refractivity contribution in [1.82, 2.24) is 0 Å². The van der Waals surface area contributed by atoms with Gasteiger partial charge in [0.2, 0.25) is 0 Å². The summed E-state index contributed by atoms with van der Waals surface area (Å²) < 4.78 is 45.1. The van der Waals surface area contributed by atoms with Crippen molar-refractivity contribution in [2.45, 2.75) is 20.5 Å². The van der Waals surface area contributed by atoms with Crippen LogP contribution in [0.4, 0.5) is 13.2 Å². The van der Waals surface area contributed by atoms with Crippen molar-refractivity contribution < 1.29 is 22.7 Å². The zero-order valence-electron chi connectivity index (χ0n) is 12.1. The van der Waals surface area contributed by atoms with Crippen LogP contribution < -0.4 is 0 Å². The highest BCUT2D eigenvalue weighted by atomic mass is 79.9. The summed E-state index contributed by atoms with van der Waals surface area (Å²) in [5.41, 5.74) is -0.800. The molecule has 0 aliphatic heterocycles. The fourth-order valence-electron chi connectivity index (χ4n) is 2.56. The molecule has 1 saturated carbocycles. The van der Waals surface area contributed by atoms with Gasteiger partial charge in [-0.05, 0) is 33.3 Å². The van der Waals surface area contributed by atoms with Gasteiger partial charge in [0.15, 0.2) is 11.6 Å². The Morgan fingerprint density at radius 2 is 1.96 bits per heavy atom. The first-order valence-electron chi connectivity index (χ1n) is 6.58. The SMILES string of the molecule is CC1(C)C(C=C(Cl)Cl)C1C(=O)OCc1c(F)c(F)cc(F)c1Br. The van der Waals surface area contributed by atoms with Crippen LogP contribution in [0.3, 0.4) is 0 Å². The molecule has 0 amide bonds. The number of halogens is 6. The number of allylic oxidation sites excluding steroid dienone is 1. The molecule has 0 aromatic heterocycles. The molecule has 1 fully saturated rings. The average molecular weight is 432 g/mol. The molecule has 0 N–H and O–H groups in total. The maximum atomic E-state index is 13.7. The molecule has 0 bridgehead atoms. The van der Waals surface area contributed by atoms with Crippen LogP contribution in [0.1, 0.15) is 19.4 Å². The first-order chi connectivity index (χ1) is 10.6. The zero-order chi connectivity index (χ0) is 17.5. The van der Waals surface area contributed by atoms with Crippen molar-refractivity contribution in [3.05, 3.63) is 44.1 Å². The molecule has 126 valence electrons. The molecule has 2 rings (SSSR count). The van der Waals surface area contributed by atoms with Crippen LogP contribution in [-0.2, 0) is 16.1 Å². The number of rotatable bonds is 4. The summed E-state index contributed by atoms with van der Waals surface area (Å²) in [6.45, 7) is 3.07. The Morgan fingerprint density at radius 3 is 2.52 bits per heavy atom. The van der Waals surface area contributed by atoms with Crippen molar-refractivity contribution in [1.29, 1.82) is 0 Å². The van der Waals surface area contributed by atoms with E-state index >= 15 is 0 Å². The smallest absolute Gasteiger partial charge is 0.310 e. The Morgan fingerprint density at radius 1 is 1.35 bits per heavy atom. The molecule has 2 unspecified atom stereocenters. The van der Waals surface area contributed by atoms with Crippen molar-refractivity contribution in [2.24, 2.45) is 17.3 Å². The van der Waals surface area contributed by atoms with Gasteiger partial charge in [-0.25, -0.2) is 13.2 Å². The van der Waals surface area contributed by atoms with Gasteiger partial charge in [-0.15, -0.1) is 0 Å². The van der Waals surface area contributed by atoms with E-state index in [1.54, 1.807) is 0 Å². The minimum Gasteiger partial charge on any atom is -0.460 e. The predicted molar refractivity (Wildman–Crippen MR) is 84.4 cm³/mol. The average Bonchev–Trinajstić information content (AvgIpc) is 2.96. The summed E-state index contributed by atoms with van der Waals surface area (Å²) >= 11 is 14.0. The van der Waals surface area contributed by atoms with E-state index < -0.39 is 46.9 Å². The summed E-state index contributed by atoms with van der Waals surface area (Å²) in [6, 6.07) is 0.415. The highest BCUT2D eigenvalue weighted by molar-refractivity contribution is 9.10. The van der Waals surface area contributed by atoms with Crippen LogP contribution in [0.5, 0.6) is 0 Å². The third kappa shape index (κ3) is 3.69. The van der Waals surface area contributed by atoms with Crippen LogP contribution in [0.2, 0.25) is 0 Å². The number of carbonyl (C=O) groups excluding carboxylic acids is 1. The molecule has 23 heavy (non-hydrogen) atoms. The fourth-order valence-corrected chi connectivity index (χ4v) is 3.23. The van der Waals surface area contributed by atoms with E-state index in [4.69, 9.17) is 27.9 Å². The van der Waals surface area contributed by atoms with Crippen molar-refractivity contribution in [2.75, 3.05) is 0 Å². The largest absolute Gasteiger partial charge is 0.460 e. The second kappa shape index (κ2) is 6.65. The normalized spacial score (nSPS) is 21.7. The molecule has 0 spiro atoms. The van der Waals surface area contributed by atoms with Gasteiger partial charge in [-0.2, -0.15) is 0 Å². The van der Waals surface area contributed by atoms with Gasteiger partial charge in [0.05, 0.1) is 10.4 Å². The van der Waals surface area contributed by atoms with Gasteiger partial charge in [-0.3, -0.25) is 4.79 Å². The van der Waals surface area contributed by atoms with Crippen molar-refractivity contribution >= 4 is 45.1 Å². The Balaban J connectivity index is 2.11. The standard InChI is InChI=1S/C15H12BrCl2F3O2/c1-15(2)7(3-10(17)18)11(15)14(22)23-5-6-12(16)8(19)4-9(20)13(6)21/h3-4,7,11H,5H2,1-2H3. The van der Waals surface area contributed by atoms with E-state index in [1.807, 2.05) is 13.8 Å². The van der Waals surface area contributed by atoms with E-state index in [2.05, 4.69) is 15.9 Å². The summed E-state index contributed by atoms with van der Waals surface area (Å²) in [7, 11) is 0. The number of hydrogen-bond donors (Lipinski definition) is 0. The molecule has 1 aliphatic carbocycles. The van der Waals surface area contributed by atoms with Gasteiger partial charge in [-0.1, -0.05) is 37.0 Å². The Bertz CT molecular complexity index is 662. The molecule has 0 heterocycles. The van der Waals surface area contributed by atoms with Gasteiger partial charge < -0.3 is 4.74 Å². The molecular weight excluding hydrogens is 420 g/mol. The van der Waals surface area contributed by atoms with Crippen LogP contribution in [-0.4, -0.2) is 5.97 Å². The van der Waals surface area contributed by atoms with Gasteiger partial charge in [0.1, 0.15) is 16.9 Å². The minimum absolute atomic E-state index is 0.0411. The van der Waals surface area contributed by atoms with Crippen molar-refractivity contribution in [3.8, 4) is 0 Å². The van der Waals surface area contributed by atoms with E-state index in [-0.39, 0.29) is 14.9 Å². The monoisotopic (exact) mass is 430 g/mol. The molecular formula is C15H12BrCl2F3O2. The highest BCUT2D eigenvalue weighted by Gasteiger charge is 2.61. The molecule has 1 aliphatic rings. The van der Waals surface area contributed by atoms with E-state index in [0.717, 1.165) is 0 Å². The molecule has 1 aromatic rings. The quantitative estimate of drug-likeness (QED) is 0.464. The number of hydrogen-bond acceptors (Lipinski definition) is 2. The van der Waals surface area contributed by atoms with Crippen LogP contribution in [0.25, 0.3) is 0 Å². The van der Waals surface area contributed by atoms with Gasteiger partial charge in [0, 0.05) is 11.6 Å². The van der Waals surface area contributed by atoms with Gasteiger partial charge in [0.25, 0.3) is 0 Å². The lowest BCUT2D eigenvalue weighted by Crippen LogP contribution is -2.12. The summed E-state index contributed by atoms with van der Waals surface area (Å²) in [5, 5.41) is 0. The van der Waals surface area contributed by atoms with Crippen LogP contribution in [0.15, 0.2) is 21.1 Å². The highest BCUT2D eigenvalue weighted by Crippen LogP contribution is 2.60. The third-order valence-electron chi connectivity index (χ3n) is 4.03. The molecule has 0 saturated heterocycles. The lowest BCUT2D eigenvalue weighted by Gasteiger charge is -2.10. The first kappa shape index (κ1) is 18.6. The second-order valence-corrected chi connectivity index (χ2v) is 7.64. The first-order valence-corrected chi connectivity index (χ1v) is 8.13. The zero-order valence-corrected chi connectivity index (χ0v) is 15.2. The van der Waals surface area contributed by atoms with E-state index in [1.165, 1.54) is 6.08 Å². The molecule has 0 radical (unpaired) electrons. The molecule has 8 heteroatoms. The Hall–Kier alpha value is -0.720. The maximum Gasteiger partial charge on any atom is 0.310 e. The topological polar surface area (TPSA) is 26.3 Å². The van der Waals surface area contributed by atoms with E-state index in [9.17, 15) is 18.0 Å². The number of carbonyl (C=O) groups is 1. The Kier molecular flexibility index (Phi) is 5.38. The molecule has 2 nitrogen and oxygen atoms in total. The van der Waals surface area contributed by atoms with Gasteiger partial charge >= 0.3 is 5.97 Å². The third-order valence-corrected chi connectivity index (χ3v) is 5.14. The summed E-state index contributed by atoms with van der Waals surface area (Å²) in [6.07, 6.45) is 1.54. The lowest BCUT2D eigenvalue weighted by molar-refractivity contribution is -0.147. The fraction of sp³-hybridized carbons (Fsp3) is 0.400. The number of ether oxygens (including phenoxy) is 1. The number of benzene rings is 1. The van der Waals surface area contributed by atoms with Crippen LogP contribution >= 0.6 is 39.1 Å².